The highest BCUT2D eigenvalue weighted by molar-refractivity contribution is 5.90. The fraction of sp³-hybridized carbons (Fsp3) is 0.438. The van der Waals surface area contributed by atoms with Crippen LogP contribution in [0.5, 0.6) is 0 Å². The minimum absolute atomic E-state index is 0.161. The van der Waals surface area contributed by atoms with Crippen molar-refractivity contribution in [2.75, 3.05) is 0 Å². The molecule has 1 aromatic heterocycles. The summed E-state index contributed by atoms with van der Waals surface area (Å²) < 4.78 is 0. The smallest absolute Gasteiger partial charge is 0.291 e. The number of H-pyrrole nitrogens is 1. The molecule has 0 saturated heterocycles. The molecule has 0 aliphatic heterocycles. The summed E-state index contributed by atoms with van der Waals surface area (Å²) in [4.78, 5) is 16.4. The molecule has 2 N–H and O–H groups in total. The van der Waals surface area contributed by atoms with Crippen molar-refractivity contribution in [3.63, 3.8) is 0 Å². The molecule has 110 valence electrons. The molecule has 1 aliphatic rings. The number of benzene rings is 1. The quantitative estimate of drug-likeness (QED) is 0.908. The van der Waals surface area contributed by atoms with Gasteiger partial charge in [0.15, 0.2) is 0 Å². The molecule has 0 spiro atoms. The molecule has 5 nitrogen and oxygen atoms in total. The van der Waals surface area contributed by atoms with Crippen molar-refractivity contribution in [1.29, 1.82) is 0 Å². The Hall–Kier alpha value is -2.17. The number of rotatable bonds is 3. The maximum Gasteiger partial charge on any atom is 0.291 e. The number of nitrogens with zero attached hydrogens (tertiary/aromatic N) is 2. The normalized spacial score (nSPS) is 17.6. The molecule has 1 heterocycles. The highest BCUT2D eigenvalue weighted by Gasteiger charge is 2.22. The van der Waals surface area contributed by atoms with E-state index >= 15 is 0 Å². The zero-order valence-electron chi connectivity index (χ0n) is 12.4. The van der Waals surface area contributed by atoms with E-state index in [4.69, 9.17) is 0 Å². The predicted octanol–water partition coefficient (Wildman–Crippen LogP) is 2.22. The van der Waals surface area contributed by atoms with Gasteiger partial charge in [-0.15, -0.1) is 5.10 Å². The third kappa shape index (κ3) is 2.96. The number of hydrogen-bond donors (Lipinski definition) is 2. The summed E-state index contributed by atoms with van der Waals surface area (Å²) in [5.41, 5.74) is 2.72. The number of amides is 1. The lowest BCUT2D eigenvalue weighted by atomic mass is 9.88. The van der Waals surface area contributed by atoms with Crippen LogP contribution in [0.25, 0.3) is 0 Å². The summed E-state index contributed by atoms with van der Waals surface area (Å²) in [5.74, 6) is 1.02. The molecular weight excluding hydrogens is 264 g/mol. The van der Waals surface area contributed by atoms with E-state index < -0.39 is 0 Å². The number of aryl methyl sites for hydroxylation is 1. The van der Waals surface area contributed by atoms with E-state index in [-0.39, 0.29) is 23.7 Å². The van der Waals surface area contributed by atoms with Crippen LogP contribution in [0.2, 0.25) is 0 Å². The van der Waals surface area contributed by atoms with E-state index in [0.29, 0.717) is 0 Å². The van der Waals surface area contributed by atoms with Gasteiger partial charge >= 0.3 is 0 Å². The molecule has 21 heavy (non-hydrogen) atoms. The second kappa shape index (κ2) is 5.68. The Morgan fingerprint density at radius 2 is 2.10 bits per heavy atom. The Morgan fingerprint density at radius 1 is 1.33 bits per heavy atom. The first-order valence-corrected chi connectivity index (χ1v) is 7.43. The summed E-state index contributed by atoms with van der Waals surface area (Å²) in [6.45, 7) is 4.03. The monoisotopic (exact) mass is 284 g/mol. The van der Waals surface area contributed by atoms with E-state index in [1.165, 1.54) is 11.1 Å². The van der Waals surface area contributed by atoms with Crippen LogP contribution in [0, 0.1) is 0 Å². The van der Waals surface area contributed by atoms with Crippen LogP contribution < -0.4 is 5.32 Å². The molecule has 1 atom stereocenters. The lowest BCUT2D eigenvalue weighted by Gasteiger charge is -2.24. The second-order valence-electron chi connectivity index (χ2n) is 5.88. The molecule has 0 radical (unpaired) electrons. The zero-order valence-corrected chi connectivity index (χ0v) is 12.4. The largest absolute Gasteiger partial charge is 0.346 e. The fourth-order valence-corrected chi connectivity index (χ4v) is 2.70. The van der Waals surface area contributed by atoms with Crippen molar-refractivity contribution in [2.45, 2.75) is 45.1 Å². The highest BCUT2D eigenvalue weighted by atomic mass is 16.2. The van der Waals surface area contributed by atoms with Gasteiger partial charge in [-0.1, -0.05) is 38.1 Å². The van der Waals surface area contributed by atoms with Crippen molar-refractivity contribution in [1.82, 2.24) is 20.5 Å². The minimum Gasteiger partial charge on any atom is -0.346 e. The molecular formula is C16H20N4O. The molecule has 1 aromatic carbocycles. The Balaban J connectivity index is 1.66. The number of aromatic amines is 1. The van der Waals surface area contributed by atoms with Crippen LogP contribution in [0.4, 0.5) is 0 Å². The second-order valence-corrected chi connectivity index (χ2v) is 5.88. The number of nitrogens with one attached hydrogen (secondary N) is 2. The Bertz CT molecular complexity index is 647. The van der Waals surface area contributed by atoms with Crippen LogP contribution >= 0.6 is 0 Å². The van der Waals surface area contributed by atoms with Gasteiger partial charge in [0.25, 0.3) is 5.91 Å². The number of aromatic nitrogens is 3. The molecule has 2 aromatic rings. The Labute approximate surface area is 124 Å². The van der Waals surface area contributed by atoms with Crippen LogP contribution in [-0.4, -0.2) is 27.1 Å². The minimum atomic E-state index is -0.192. The van der Waals surface area contributed by atoms with Gasteiger partial charge in [-0.3, -0.25) is 9.89 Å². The average Bonchev–Trinajstić information content (AvgIpc) is 2.97. The van der Waals surface area contributed by atoms with Gasteiger partial charge in [-0.05, 0) is 30.4 Å². The Morgan fingerprint density at radius 3 is 2.81 bits per heavy atom. The van der Waals surface area contributed by atoms with Gasteiger partial charge in [-0.2, -0.15) is 0 Å². The van der Waals surface area contributed by atoms with Gasteiger partial charge in [0.05, 0.1) is 0 Å². The first-order valence-electron chi connectivity index (χ1n) is 7.43. The van der Waals surface area contributed by atoms with Crippen LogP contribution in [-0.2, 0) is 12.8 Å². The molecule has 0 bridgehead atoms. The summed E-state index contributed by atoms with van der Waals surface area (Å²) in [7, 11) is 0. The van der Waals surface area contributed by atoms with E-state index in [2.05, 4.69) is 38.7 Å². The molecule has 3 rings (SSSR count). The van der Waals surface area contributed by atoms with E-state index in [9.17, 15) is 4.79 Å². The third-order valence-electron chi connectivity index (χ3n) is 3.93. The molecule has 5 heteroatoms. The number of hydrogen-bond acceptors (Lipinski definition) is 3. The van der Waals surface area contributed by atoms with Crippen molar-refractivity contribution >= 4 is 5.91 Å². The summed E-state index contributed by atoms with van der Waals surface area (Å²) in [6, 6.07) is 8.58. The zero-order chi connectivity index (χ0) is 14.8. The SMILES string of the molecule is CC(C)c1nc(C(=O)NC2CCc3ccccc3C2)n[nH]1. The molecule has 1 unspecified atom stereocenters. The van der Waals surface area contributed by atoms with Crippen molar-refractivity contribution in [3.05, 3.63) is 47.0 Å². The van der Waals surface area contributed by atoms with E-state index in [0.717, 1.165) is 25.1 Å². The lowest BCUT2D eigenvalue weighted by Crippen LogP contribution is -2.39. The van der Waals surface area contributed by atoms with Gasteiger partial charge in [0.1, 0.15) is 5.82 Å². The van der Waals surface area contributed by atoms with Crippen LogP contribution in [0.3, 0.4) is 0 Å². The van der Waals surface area contributed by atoms with Crippen molar-refractivity contribution < 1.29 is 4.79 Å². The van der Waals surface area contributed by atoms with E-state index in [1.54, 1.807) is 0 Å². The standard InChI is InChI=1S/C16H20N4O/c1-10(2)14-18-15(20-19-14)16(21)17-13-8-7-11-5-3-4-6-12(11)9-13/h3-6,10,13H,7-9H2,1-2H3,(H,17,21)(H,18,19,20). The number of carbonyl (C=O) groups is 1. The first-order chi connectivity index (χ1) is 10.1. The van der Waals surface area contributed by atoms with Crippen molar-refractivity contribution in [2.24, 2.45) is 0 Å². The fourth-order valence-electron chi connectivity index (χ4n) is 2.70. The molecule has 1 aliphatic carbocycles. The summed E-state index contributed by atoms with van der Waals surface area (Å²) in [5, 5.41) is 9.86. The van der Waals surface area contributed by atoms with Crippen LogP contribution in [0.1, 0.15) is 53.8 Å². The predicted molar refractivity (Wildman–Crippen MR) is 80.2 cm³/mol. The highest BCUT2D eigenvalue weighted by Crippen LogP contribution is 2.21. The van der Waals surface area contributed by atoms with Crippen molar-refractivity contribution in [3.8, 4) is 0 Å². The topological polar surface area (TPSA) is 70.7 Å². The average molecular weight is 284 g/mol. The number of carbonyl (C=O) groups excluding carboxylic acids is 1. The number of fused-ring (bicyclic) bond motifs is 1. The maximum absolute atomic E-state index is 12.2. The van der Waals surface area contributed by atoms with E-state index in [1.807, 2.05) is 19.9 Å². The summed E-state index contributed by atoms with van der Waals surface area (Å²) in [6.07, 6.45) is 2.85. The first kappa shape index (κ1) is 13.8. The third-order valence-corrected chi connectivity index (χ3v) is 3.93. The molecule has 1 amide bonds. The van der Waals surface area contributed by atoms with Gasteiger partial charge in [0, 0.05) is 12.0 Å². The maximum atomic E-state index is 12.2. The summed E-state index contributed by atoms with van der Waals surface area (Å²) >= 11 is 0. The van der Waals surface area contributed by atoms with Crippen LogP contribution in [0.15, 0.2) is 24.3 Å². The molecule has 0 saturated carbocycles. The Kier molecular flexibility index (Phi) is 3.73. The van der Waals surface area contributed by atoms with Gasteiger partial charge in [-0.25, -0.2) is 4.98 Å². The van der Waals surface area contributed by atoms with Gasteiger partial charge < -0.3 is 5.32 Å². The van der Waals surface area contributed by atoms with Gasteiger partial charge in [0.2, 0.25) is 5.82 Å². The molecule has 0 fully saturated rings. The lowest BCUT2D eigenvalue weighted by molar-refractivity contribution is 0.0923.